The number of aliphatic carboxylic acids is 1. The molecule has 0 aliphatic carbocycles. The molecule has 2 aromatic carbocycles. The lowest BCUT2D eigenvalue weighted by atomic mass is 10.0. The number of carboxylic acids is 1. The molecule has 0 spiro atoms. The number of benzene rings is 2. The Bertz CT molecular complexity index is 576. The van der Waals surface area contributed by atoms with Crippen LogP contribution in [0.25, 0.3) is 11.1 Å². The molecule has 0 fully saturated rings. The molecule has 0 radical (unpaired) electrons. The van der Waals surface area contributed by atoms with E-state index in [1.807, 2.05) is 0 Å². The average molecular weight is 262 g/mol. The van der Waals surface area contributed by atoms with Crippen molar-refractivity contribution in [2.24, 2.45) is 0 Å². The summed E-state index contributed by atoms with van der Waals surface area (Å²) in [5, 5.41) is 17.8. The smallest absolute Gasteiger partial charge is 0.307 e. The van der Waals surface area contributed by atoms with E-state index in [-0.39, 0.29) is 19.6 Å². The summed E-state index contributed by atoms with van der Waals surface area (Å²) >= 11 is 0. The van der Waals surface area contributed by atoms with Crippen molar-refractivity contribution in [3.05, 3.63) is 53.8 Å². The van der Waals surface area contributed by atoms with Crippen LogP contribution in [0.15, 0.2) is 42.5 Å². The van der Waals surface area contributed by atoms with Gasteiger partial charge in [-0.15, -0.1) is 0 Å². The Morgan fingerprint density at radius 3 is 2.26 bits per heavy atom. The maximum absolute atomic E-state index is 13.8. The Balaban J connectivity index is 0.00000180. The average Bonchev–Trinajstić information content (AvgIpc) is 2.30. The number of aromatic hydroxyl groups is 1. The van der Waals surface area contributed by atoms with Crippen LogP contribution >= 0.6 is 0 Å². The molecule has 0 aliphatic rings. The second-order valence-electron chi connectivity index (χ2n) is 3.93. The minimum absolute atomic E-state index is 0. The predicted molar refractivity (Wildman–Crippen MR) is 71.6 cm³/mol. The number of hydrogen-bond acceptors (Lipinski definition) is 2. The number of carbonyl (C=O) groups is 1. The zero-order valence-electron chi connectivity index (χ0n) is 9.43. The number of phenolic OH excluding ortho intramolecular Hbond substituents is 1. The van der Waals surface area contributed by atoms with Gasteiger partial charge in [-0.3, -0.25) is 4.79 Å². The van der Waals surface area contributed by atoms with Crippen LogP contribution in [0, 0.1) is 5.82 Å². The Hall–Kier alpha value is -2.36. The van der Waals surface area contributed by atoms with Crippen LogP contribution < -0.4 is 0 Å². The molecule has 3 nitrogen and oxygen atoms in total. The lowest BCUT2D eigenvalue weighted by Crippen LogP contribution is -2.00. The molecule has 0 saturated carbocycles. The van der Waals surface area contributed by atoms with E-state index in [0.29, 0.717) is 16.7 Å². The monoisotopic (exact) mass is 262 g/mol. The van der Waals surface area contributed by atoms with Crippen molar-refractivity contribution in [2.45, 2.75) is 13.8 Å². The Kier molecular flexibility index (Phi) is 4.64. The largest absolute Gasteiger partial charge is 0.508 e. The summed E-state index contributed by atoms with van der Waals surface area (Å²) in [6.45, 7) is 0. The van der Waals surface area contributed by atoms with E-state index in [9.17, 15) is 9.18 Å². The van der Waals surface area contributed by atoms with Crippen molar-refractivity contribution in [1.82, 2.24) is 0 Å². The van der Waals surface area contributed by atoms with Gasteiger partial charge < -0.3 is 10.2 Å². The van der Waals surface area contributed by atoms with Gasteiger partial charge in [-0.05, 0) is 29.3 Å². The van der Waals surface area contributed by atoms with Gasteiger partial charge in [-0.1, -0.05) is 31.7 Å². The fraction of sp³-hybridized carbons (Fsp3) is 0.133. The van der Waals surface area contributed by atoms with E-state index in [0.717, 1.165) is 0 Å². The molecule has 4 heteroatoms. The van der Waals surface area contributed by atoms with Gasteiger partial charge in [0.05, 0.1) is 6.42 Å². The van der Waals surface area contributed by atoms with Crippen LogP contribution in [0.1, 0.15) is 13.0 Å². The van der Waals surface area contributed by atoms with Crippen LogP contribution in [0.4, 0.5) is 4.39 Å². The molecule has 0 aromatic heterocycles. The maximum Gasteiger partial charge on any atom is 0.307 e. The molecule has 19 heavy (non-hydrogen) atoms. The zero-order valence-corrected chi connectivity index (χ0v) is 9.43. The number of carboxylic acid groups (broad SMARTS) is 1. The molecule has 0 heterocycles. The summed E-state index contributed by atoms with van der Waals surface area (Å²) < 4.78 is 13.8. The molecule has 2 rings (SSSR count). The van der Waals surface area contributed by atoms with E-state index in [2.05, 4.69) is 0 Å². The van der Waals surface area contributed by atoms with Crippen molar-refractivity contribution in [3.8, 4) is 16.9 Å². The first-order valence-corrected chi connectivity index (χ1v) is 5.36. The van der Waals surface area contributed by atoms with E-state index in [1.54, 1.807) is 24.3 Å². The molecule has 0 aliphatic heterocycles. The normalized spacial score (nSPS) is 9.74. The summed E-state index contributed by atoms with van der Waals surface area (Å²) in [5.74, 6) is -1.35. The third-order valence-electron chi connectivity index (χ3n) is 2.57. The molecule has 0 amide bonds. The number of phenols is 1. The summed E-state index contributed by atoms with van der Waals surface area (Å²) in [7, 11) is 0. The molecule has 0 atom stereocenters. The van der Waals surface area contributed by atoms with Gasteiger partial charge in [0.25, 0.3) is 0 Å². The maximum atomic E-state index is 13.8. The van der Waals surface area contributed by atoms with E-state index < -0.39 is 11.8 Å². The topological polar surface area (TPSA) is 57.5 Å². The Morgan fingerprint density at radius 1 is 1.11 bits per heavy atom. The first kappa shape index (κ1) is 14.7. The van der Waals surface area contributed by atoms with Gasteiger partial charge in [-0.2, -0.15) is 0 Å². The van der Waals surface area contributed by atoms with Crippen LogP contribution in [0.2, 0.25) is 0 Å². The highest BCUT2D eigenvalue weighted by molar-refractivity contribution is 5.71. The Labute approximate surface area is 111 Å². The fourth-order valence-corrected chi connectivity index (χ4v) is 1.72. The number of hydrogen-bond donors (Lipinski definition) is 2. The van der Waals surface area contributed by atoms with Crippen molar-refractivity contribution in [2.75, 3.05) is 0 Å². The van der Waals surface area contributed by atoms with Crippen LogP contribution in [-0.4, -0.2) is 16.2 Å². The van der Waals surface area contributed by atoms with E-state index in [1.165, 1.54) is 18.2 Å². The first-order chi connectivity index (χ1) is 8.56. The number of rotatable bonds is 3. The molecule has 0 unspecified atom stereocenters. The minimum atomic E-state index is -0.994. The lowest BCUT2D eigenvalue weighted by molar-refractivity contribution is -0.136. The molecular weight excluding hydrogens is 247 g/mol. The SMILES string of the molecule is C.O=C(O)Cc1ccc(-c2ccc(O)cc2)c(F)c1. The first-order valence-electron chi connectivity index (χ1n) is 5.36. The molecule has 0 saturated heterocycles. The standard InChI is InChI=1S/C14H11FO3.CH4/c15-13-7-9(8-14(17)18)1-6-12(13)10-2-4-11(16)5-3-10;/h1-7,16H,8H2,(H,17,18);1H4. The summed E-state index contributed by atoms with van der Waals surface area (Å²) in [6, 6.07) is 10.5. The molecular formula is C15H15FO3. The summed E-state index contributed by atoms with van der Waals surface area (Å²) in [6.07, 6.45) is -0.202. The van der Waals surface area contributed by atoms with Gasteiger partial charge in [0.1, 0.15) is 11.6 Å². The number of halogens is 1. The van der Waals surface area contributed by atoms with E-state index >= 15 is 0 Å². The van der Waals surface area contributed by atoms with Crippen molar-refractivity contribution >= 4 is 5.97 Å². The lowest BCUT2D eigenvalue weighted by Gasteiger charge is -2.05. The van der Waals surface area contributed by atoms with Crippen molar-refractivity contribution in [1.29, 1.82) is 0 Å². The second-order valence-corrected chi connectivity index (χ2v) is 3.93. The van der Waals surface area contributed by atoms with Crippen molar-refractivity contribution < 1.29 is 19.4 Å². The third-order valence-corrected chi connectivity index (χ3v) is 2.57. The predicted octanol–water partition coefficient (Wildman–Crippen LogP) is 3.46. The van der Waals surface area contributed by atoms with Gasteiger partial charge in [0, 0.05) is 5.56 Å². The third kappa shape index (κ3) is 3.55. The highest BCUT2D eigenvalue weighted by atomic mass is 19.1. The quantitative estimate of drug-likeness (QED) is 0.890. The fourth-order valence-electron chi connectivity index (χ4n) is 1.72. The molecule has 2 N–H and O–H groups in total. The van der Waals surface area contributed by atoms with Gasteiger partial charge in [0.2, 0.25) is 0 Å². The second kappa shape index (κ2) is 6.00. The highest BCUT2D eigenvalue weighted by Gasteiger charge is 2.08. The minimum Gasteiger partial charge on any atom is -0.508 e. The van der Waals surface area contributed by atoms with Gasteiger partial charge in [-0.25, -0.2) is 4.39 Å². The molecule has 0 bridgehead atoms. The zero-order chi connectivity index (χ0) is 13.1. The molecule has 100 valence electrons. The summed E-state index contributed by atoms with van der Waals surface area (Å²) in [5.41, 5.74) is 1.43. The van der Waals surface area contributed by atoms with E-state index in [4.69, 9.17) is 10.2 Å². The summed E-state index contributed by atoms with van der Waals surface area (Å²) in [4.78, 5) is 10.5. The van der Waals surface area contributed by atoms with Crippen LogP contribution in [0.5, 0.6) is 5.75 Å². The molecule has 2 aromatic rings. The Morgan fingerprint density at radius 2 is 1.74 bits per heavy atom. The van der Waals surface area contributed by atoms with Crippen LogP contribution in [-0.2, 0) is 11.2 Å². The van der Waals surface area contributed by atoms with Gasteiger partial charge >= 0.3 is 5.97 Å². The van der Waals surface area contributed by atoms with Crippen LogP contribution in [0.3, 0.4) is 0 Å². The van der Waals surface area contributed by atoms with Gasteiger partial charge in [0.15, 0.2) is 0 Å². The van der Waals surface area contributed by atoms with Crippen molar-refractivity contribution in [3.63, 3.8) is 0 Å². The highest BCUT2D eigenvalue weighted by Crippen LogP contribution is 2.25.